The summed E-state index contributed by atoms with van der Waals surface area (Å²) in [6, 6.07) is 3.30. The van der Waals surface area contributed by atoms with E-state index in [1.807, 2.05) is 0 Å². The minimum atomic E-state index is -0.465. The van der Waals surface area contributed by atoms with Crippen molar-refractivity contribution in [2.24, 2.45) is 0 Å². The fraction of sp³-hybridized carbons (Fsp3) is 0.143. The van der Waals surface area contributed by atoms with Gasteiger partial charge in [-0.15, -0.1) is 0 Å². The van der Waals surface area contributed by atoms with Crippen molar-refractivity contribution in [2.75, 3.05) is 0 Å². The van der Waals surface area contributed by atoms with Gasteiger partial charge in [-0.3, -0.25) is 10.1 Å². The Bertz CT molecular complexity index is 317. The van der Waals surface area contributed by atoms with Gasteiger partial charge in [-0.25, -0.2) is 0 Å². The molecule has 0 atom stereocenters. The number of aryl methyl sites for hydroxylation is 1. The molecule has 1 rings (SSSR count). The van der Waals surface area contributed by atoms with E-state index in [4.69, 9.17) is 11.6 Å². The van der Waals surface area contributed by atoms with Gasteiger partial charge in [0.15, 0.2) is 0 Å². The van der Waals surface area contributed by atoms with Gasteiger partial charge in [-0.1, -0.05) is 11.6 Å². The van der Waals surface area contributed by atoms with Crippen LogP contribution >= 0.6 is 34.2 Å². The summed E-state index contributed by atoms with van der Waals surface area (Å²) in [6.07, 6.45) is 0. The van der Waals surface area contributed by atoms with E-state index in [1.165, 1.54) is 0 Å². The summed E-state index contributed by atoms with van der Waals surface area (Å²) in [6.45, 7) is 1.67. The van der Waals surface area contributed by atoms with Crippen LogP contribution in [0, 0.1) is 20.6 Å². The van der Waals surface area contributed by atoms with Gasteiger partial charge < -0.3 is 0 Å². The molecule has 0 bridgehead atoms. The number of hydrogen-bond donors (Lipinski definition) is 0. The van der Waals surface area contributed by atoms with Crippen molar-refractivity contribution in [3.8, 4) is 0 Å². The summed E-state index contributed by atoms with van der Waals surface area (Å²) < 4.78 is 0.903. The molecular formula is C7H5ClINO2. The zero-order valence-electron chi connectivity index (χ0n) is 6.17. The van der Waals surface area contributed by atoms with Crippen LogP contribution in [0.5, 0.6) is 0 Å². The molecule has 5 heteroatoms. The van der Waals surface area contributed by atoms with Gasteiger partial charge >= 0.3 is 0 Å². The second-order valence-corrected chi connectivity index (χ2v) is 3.96. The molecule has 1 aromatic carbocycles. The zero-order valence-corrected chi connectivity index (χ0v) is 9.09. The normalized spacial score (nSPS) is 9.92. The van der Waals surface area contributed by atoms with Crippen molar-refractivity contribution in [3.05, 3.63) is 36.4 Å². The van der Waals surface area contributed by atoms with Crippen LogP contribution in [-0.2, 0) is 0 Å². The van der Waals surface area contributed by atoms with Gasteiger partial charge in [0.25, 0.3) is 5.69 Å². The molecule has 0 saturated heterocycles. The summed E-state index contributed by atoms with van der Waals surface area (Å²) in [7, 11) is 0. The zero-order chi connectivity index (χ0) is 9.30. The average Bonchev–Trinajstić information content (AvgIpc) is 1.82. The second-order valence-electron chi connectivity index (χ2n) is 2.31. The van der Waals surface area contributed by atoms with Crippen LogP contribution in [0.25, 0.3) is 0 Å². The third kappa shape index (κ3) is 1.87. The number of nitrogens with zero attached hydrogens (tertiary/aromatic N) is 1. The maximum Gasteiger partial charge on any atom is 0.290 e. The first-order chi connectivity index (χ1) is 5.52. The largest absolute Gasteiger partial charge is 0.290 e. The van der Waals surface area contributed by atoms with Crippen molar-refractivity contribution < 1.29 is 4.92 Å². The molecule has 0 heterocycles. The van der Waals surface area contributed by atoms with E-state index < -0.39 is 4.92 Å². The molecule has 0 aliphatic rings. The van der Waals surface area contributed by atoms with Crippen LogP contribution in [0.1, 0.15) is 5.56 Å². The molecule has 12 heavy (non-hydrogen) atoms. The molecule has 1 aromatic rings. The van der Waals surface area contributed by atoms with Crippen LogP contribution in [0.15, 0.2) is 12.1 Å². The van der Waals surface area contributed by atoms with Crippen LogP contribution < -0.4 is 0 Å². The molecule has 3 nitrogen and oxygen atoms in total. The number of nitro groups is 1. The molecule has 0 unspecified atom stereocenters. The highest BCUT2D eigenvalue weighted by Crippen LogP contribution is 2.29. The maximum absolute atomic E-state index is 10.5. The first-order valence-corrected chi connectivity index (χ1v) is 4.58. The Balaban J connectivity index is 3.38. The van der Waals surface area contributed by atoms with Crippen LogP contribution in [0.4, 0.5) is 5.69 Å². The van der Waals surface area contributed by atoms with E-state index in [9.17, 15) is 10.1 Å². The van der Waals surface area contributed by atoms with E-state index >= 15 is 0 Å². The van der Waals surface area contributed by atoms with Crippen molar-refractivity contribution in [1.82, 2.24) is 0 Å². The van der Waals surface area contributed by atoms with E-state index in [1.54, 1.807) is 19.1 Å². The lowest BCUT2D eigenvalue weighted by atomic mass is 10.2. The van der Waals surface area contributed by atoms with E-state index in [2.05, 4.69) is 22.6 Å². The fourth-order valence-corrected chi connectivity index (χ4v) is 2.22. The van der Waals surface area contributed by atoms with E-state index in [0.717, 1.165) is 3.57 Å². The van der Waals surface area contributed by atoms with Crippen molar-refractivity contribution in [1.29, 1.82) is 0 Å². The number of rotatable bonds is 1. The van der Waals surface area contributed by atoms with Gasteiger partial charge in [0.1, 0.15) is 5.02 Å². The molecule has 0 aromatic heterocycles. The van der Waals surface area contributed by atoms with E-state index in [-0.39, 0.29) is 10.7 Å². The summed E-state index contributed by atoms with van der Waals surface area (Å²) in [5.41, 5.74) is 0.592. The van der Waals surface area contributed by atoms with Gasteiger partial charge in [-0.05, 0) is 41.6 Å². The predicted molar refractivity (Wildman–Crippen MR) is 55.6 cm³/mol. The standard InChI is InChI=1S/C7H5ClINO2/c1-4-2-5(9)3-6(8)7(4)10(11)12/h2-3H,1H3. The Morgan fingerprint density at radius 2 is 2.17 bits per heavy atom. The van der Waals surface area contributed by atoms with E-state index in [0.29, 0.717) is 5.56 Å². The fourth-order valence-electron chi connectivity index (χ4n) is 0.926. The smallest absolute Gasteiger partial charge is 0.258 e. The minimum Gasteiger partial charge on any atom is -0.258 e. The Morgan fingerprint density at radius 3 is 2.58 bits per heavy atom. The Morgan fingerprint density at radius 1 is 1.58 bits per heavy atom. The van der Waals surface area contributed by atoms with Crippen molar-refractivity contribution >= 4 is 39.9 Å². The maximum atomic E-state index is 10.5. The quantitative estimate of drug-likeness (QED) is 0.454. The number of halogens is 2. The van der Waals surface area contributed by atoms with Crippen LogP contribution in [0.3, 0.4) is 0 Å². The third-order valence-electron chi connectivity index (χ3n) is 1.40. The first kappa shape index (κ1) is 9.73. The predicted octanol–water partition coefficient (Wildman–Crippen LogP) is 3.16. The summed E-state index contributed by atoms with van der Waals surface area (Å²) in [4.78, 5) is 10.0. The lowest BCUT2D eigenvalue weighted by molar-refractivity contribution is -0.385. The molecule has 0 saturated carbocycles. The van der Waals surface area contributed by atoms with Crippen molar-refractivity contribution in [2.45, 2.75) is 6.92 Å². The van der Waals surface area contributed by atoms with Crippen molar-refractivity contribution in [3.63, 3.8) is 0 Å². The highest BCUT2D eigenvalue weighted by atomic mass is 127. The molecule has 64 valence electrons. The summed E-state index contributed by atoms with van der Waals surface area (Å²) in [5, 5.41) is 10.7. The summed E-state index contributed by atoms with van der Waals surface area (Å²) in [5.74, 6) is 0. The van der Waals surface area contributed by atoms with Gasteiger partial charge in [0, 0.05) is 9.13 Å². The minimum absolute atomic E-state index is 0.00270. The van der Waals surface area contributed by atoms with Gasteiger partial charge in [-0.2, -0.15) is 0 Å². The second kappa shape index (κ2) is 3.57. The Labute approximate surface area is 88.0 Å². The number of nitro benzene ring substituents is 1. The molecule has 0 aliphatic heterocycles. The van der Waals surface area contributed by atoms with Gasteiger partial charge in [0.2, 0.25) is 0 Å². The molecule has 0 fully saturated rings. The highest BCUT2D eigenvalue weighted by molar-refractivity contribution is 14.1. The molecular weight excluding hydrogens is 292 g/mol. The first-order valence-electron chi connectivity index (χ1n) is 3.12. The van der Waals surface area contributed by atoms with Crippen LogP contribution in [-0.4, -0.2) is 4.92 Å². The lowest BCUT2D eigenvalue weighted by Crippen LogP contribution is -1.93. The Kier molecular flexibility index (Phi) is 2.89. The highest BCUT2D eigenvalue weighted by Gasteiger charge is 2.15. The molecule has 0 N–H and O–H groups in total. The summed E-state index contributed by atoms with van der Waals surface area (Å²) >= 11 is 7.75. The topological polar surface area (TPSA) is 43.1 Å². The number of hydrogen-bond acceptors (Lipinski definition) is 2. The SMILES string of the molecule is Cc1cc(I)cc(Cl)c1[N+](=O)[O-]. The molecule has 0 spiro atoms. The third-order valence-corrected chi connectivity index (χ3v) is 2.31. The molecule has 0 amide bonds. The monoisotopic (exact) mass is 297 g/mol. The average molecular weight is 297 g/mol. The lowest BCUT2D eigenvalue weighted by Gasteiger charge is -1.99. The number of benzene rings is 1. The van der Waals surface area contributed by atoms with Gasteiger partial charge in [0.05, 0.1) is 4.92 Å². The molecule has 0 radical (unpaired) electrons. The molecule has 0 aliphatic carbocycles. The Hall–Kier alpha value is -0.360. The van der Waals surface area contributed by atoms with Crippen LogP contribution in [0.2, 0.25) is 5.02 Å².